The molecule has 1 saturated heterocycles. The third-order valence-electron chi connectivity index (χ3n) is 2.76. The standard InChI is InChI=1S/C13H18N2O3/c16-12-8-15(18-10-12)9-13(17)14-7-6-11-4-2-1-3-5-11/h1-5,12,16H,6-10H2,(H,14,17). The third-order valence-corrected chi connectivity index (χ3v) is 2.76. The van der Waals surface area contributed by atoms with E-state index < -0.39 is 6.10 Å². The summed E-state index contributed by atoms with van der Waals surface area (Å²) in [5.41, 5.74) is 1.20. The lowest BCUT2D eigenvalue weighted by Crippen LogP contribution is -2.36. The van der Waals surface area contributed by atoms with Gasteiger partial charge in [0.15, 0.2) is 0 Å². The zero-order chi connectivity index (χ0) is 12.8. The fourth-order valence-electron chi connectivity index (χ4n) is 1.85. The van der Waals surface area contributed by atoms with Gasteiger partial charge in [0, 0.05) is 6.54 Å². The number of hydroxylamine groups is 2. The fraction of sp³-hybridized carbons (Fsp3) is 0.462. The van der Waals surface area contributed by atoms with Crippen molar-refractivity contribution in [1.82, 2.24) is 10.4 Å². The van der Waals surface area contributed by atoms with E-state index >= 15 is 0 Å². The van der Waals surface area contributed by atoms with Crippen molar-refractivity contribution in [3.63, 3.8) is 0 Å². The normalized spacial score (nSPS) is 19.9. The van der Waals surface area contributed by atoms with Gasteiger partial charge in [0.25, 0.3) is 0 Å². The van der Waals surface area contributed by atoms with Crippen molar-refractivity contribution >= 4 is 5.91 Å². The fourth-order valence-corrected chi connectivity index (χ4v) is 1.85. The van der Waals surface area contributed by atoms with Crippen LogP contribution >= 0.6 is 0 Å². The van der Waals surface area contributed by atoms with Crippen LogP contribution < -0.4 is 5.32 Å². The topological polar surface area (TPSA) is 61.8 Å². The number of carbonyl (C=O) groups is 1. The second-order valence-corrected chi connectivity index (χ2v) is 4.36. The highest BCUT2D eigenvalue weighted by atomic mass is 16.7. The lowest BCUT2D eigenvalue weighted by Gasteiger charge is -2.13. The number of hydrogen-bond acceptors (Lipinski definition) is 4. The van der Waals surface area contributed by atoms with E-state index in [-0.39, 0.29) is 19.1 Å². The van der Waals surface area contributed by atoms with Gasteiger partial charge in [0.05, 0.1) is 19.3 Å². The maximum absolute atomic E-state index is 11.6. The van der Waals surface area contributed by atoms with Gasteiger partial charge in [-0.05, 0) is 12.0 Å². The van der Waals surface area contributed by atoms with E-state index in [4.69, 9.17) is 4.84 Å². The van der Waals surface area contributed by atoms with Crippen molar-refractivity contribution in [3.8, 4) is 0 Å². The van der Waals surface area contributed by atoms with Gasteiger partial charge < -0.3 is 10.4 Å². The molecule has 1 aliphatic heterocycles. The summed E-state index contributed by atoms with van der Waals surface area (Å²) in [6, 6.07) is 10.0. The van der Waals surface area contributed by atoms with E-state index in [1.54, 1.807) is 0 Å². The van der Waals surface area contributed by atoms with Crippen LogP contribution in [-0.4, -0.2) is 48.4 Å². The molecule has 0 saturated carbocycles. The van der Waals surface area contributed by atoms with Gasteiger partial charge in [-0.3, -0.25) is 9.63 Å². The highest BCUT2D eigenvalue weighted by Crippen LogP contribution is 2.04. The Labute approximate surface area is 106 Å². The molecule has 1 amide bonds. The Balaban J connectivity index is 1.63. The SMILES string of the molecule is O=C(CN1CC(O)CO1)NCCc1ccccc1. The minimum Gasteiger partial charge on any atom is -0.389 e. The smallest absolute Gasteiger partial charge is 0.236 e. The summed E-state index contributed by atoms with van der Waals surface area (Å²) in [6.45, 7) is 1.45. The monoisotopic (exact) mass is 250 g/mol. The second kappa shape index (κ2) is 6.49. The number of hydrogen-bond donors (Lipinski definition) is 2. The molecule has 0 spiro atoms. The van der Waals surface area contributed by atoms with E-state index in [1.807, 2.05) is 30.3 Å². The van der Waals surface area contributed by atoms with Gasteiger partial charge in [0.1, 0.15) is 6.54 Å². The number of amides is 1. The molecule has 0 aliphatic carbocycles. The van der Waals surface area contributed by atoms with Crippen LogP contribution in [0.3, 0.4) is 0 Å². The molecule has 0 bridgehead atoms. The van der Waals surface area contributed by atoms with Crippen LogP contribution in [-0.2, 0) is 16.1 Å². The summed E-state index contributed by atoms with van der Waals surface area (Å²) < 4.78 is 0. The molecule has 98 valence electrons. The number of nitrogens with one attached hydrogen (secondary N) is 1. The molecule has 18 heavy (non-hydrogen) atoms. The highest BCUT2D eigenvalue weighted by Gasteiger charge is 2.22. The molecule has 1 heterocycles. The summed E-state index contributed by atoms with van der Waals surface area (Å²) in [5.74, 6) is -0.0833. The molecule has 5 heteroatoms. The first-order valence-corrected chi connectivity index (χ1v) is 6.10. The number of rotatable bonds is 5. The van der Waals surface area contributed by atoms with Gasteiger partial charge in [0.2, 0.25) is 5.91 Å². The average molecular weight is 250 g/mol. The first-order valence-electron chi connectivity index (χ1n) is 6.10. The first-order chi connectivity index (χ1) is 8.74. The molecule has 1 aliphatic rings. The van der Waals surface area contributed by atoms with E-state index in [9.17, 15) is 9.90 Å². The Morgan fingerprint density at radius 3 is 2.89 bits per heavy atom. The molecule has 1 fully saturated rings. The predicted molar refractivity (Wildman–Crippen MR) is 66.7 cm³/mol. The molecule has 2 N–H and O–H groups in total. The minimum absolute atomic E-state index is 0.0833. The quantitative estimate of drug-likeness (QED) is 0.769. The number of aliphatic hydroxyl groups is 1. The summed E-state index contributed by atoms with van der Waals surface area (Å²) in [4.78, 5) is 16.7. The Morgan fingerprint density at radius 1 is 1.44 bits per heavy atom. The van der Waals surface area contributed by atoms with Crippen molar-refractivity contribution in [2.75, 3.05) is 26.2 Å². The van der Waals surface area contributed by atoms with Crippen LogP contribution in [0.5, 0.6) is 0 Å². The highest BCUT2D eigenvalue weighted by molar-refractivity contribution is 5.77. The molecule has 1 unspecified atom stereocenters. The average Bonchev–Trinajstić information content (AvgIpc) is 2.76. The van der Waals surface area contributed by atoms with Gasteiger partial charge >= 0.3 is 0 Å². The molecule has 1 aromatic carbocycles. The second-order valence-electron chi connectivity index (χ2n) is 4.36. The molecule has 1 atom stereocenters. The molecule has 0 aromatic heterocycles. The van der Waals surface area contributed by atoms with Crippen molar-refractivity contribution in [1.29, 1.82) is 0 Å². The maximum atomic E-state index is 11.6. The van der Waals surface area contributed by atoms with Crippen LogP contribution in [0.15, 0.2) is 30.3 Å². The van der Waals surface area contributed by atoms with Crippen molar-refractivity contribution in [3.05, 3.63) is 35.9 Å². The van der Waals surface area contributed by atoms with Gasteiger partial charge in [-0.15, -0.1) is 0 Å². The molecular weight excluding hydrogens is 232 g/mol. The summed E-state index contributed by atoms with van der Waals surface area (Å²) in [6.07, 6.45) is 0.331. The Morgan fingerprint density at radius 2 is 2.22 bits per heavy atom. The molecule has 0 radical (unpaired) electrons. The first kappa shape index (κ1) is 13.0. The number of aliphatic hydroxyl groups excluding tert-OH is 1. The van der Waals surface area contributed by atoms with Crippen LogP contribution in [0.1, 0.15) is 5.56 Å². The number of benzene rings is 1. The third kappa shape index (κ3) is 4.10. The van der Waals surface area contributed by atoms with E-state index in [0.717, 1.165) is 6.42 Å². The van der Waals surface area contributed by atoms with Crippen LogP contribution in [0.4, 0.5) is 0 Å². The largest absolute Gasteiger partial charge is 0.389 e. The Hall–Kier alpha value is -1.43. The number of carbonyl (C=O) groups excluding carboxylic acids is 1. The minimum atomic E-state index is -0.484. The van der Waals surface area contributed by atoms with Crippen LogP contribution in [0.2, 0.25) is 0 Å². The van der Waals surface area contributed by atoms with Crippen molar-refractivity contribution < 1.29 is 14.7 Å². The summed E-state index contributed by atoms with van der Waals surface area (Å²) >= 11 is 0. The molecule has 2 rings (SSSR count). The molecule has 5 nitrogen and oxygen atoms in total. The number of nitrogens with zero attached hydrogens (tertiary/aromatic N) is 1. The predicted octanol–water partition coefficient (Wildman–Crippen LogP) is -0.0466. The van der Waals surface area contributed by atoms with E-state index in [0.29, 0.717) is 13.1 Å². The number of β-amino-alcohol motifs (C(OH)–C–C–N with tert-alkyl or cyclic N) is 1. The molecule has 1 aromatic rings. The van der Waals surface area contributed by atoms with E-state index in [2.05, 4.69) is 5.32 Å². The van der Waals surface area contributed by atoms with Crippen LogP contribution in [0, 0.1) is 0 Å². The Kier molecular flexibility index (Phi) is 4.69. The maximum Gasteiger partial charge on any atom is 0.236 e. The lowest BCUT2D eigenvalue weighted by molar-refractivity contribution is -0.142. The van der Waals surface area contributed by atoms with Crippen molar-refractivity contribution in [2.45, 2.75) is 12.5 Å². The molecular formula is C13H18N2O3. The van der Waals surface area contributed by atoms with Gasteiger partial charge in [-0.2, -0.15) is 5.06 Å². The Bertz CT molecular complexity index is 383. The van der Waals surface area contributed by atoms with Gasteiger partial charge in [-0.25, -0.2) is 0 Å². The van der Waals surface area contributed by atoms with E-state index in [1.165, 1.54) is 10.6 Å². The summed E-state index contributed by atoms with van der Waals surface area (Å²) in [5, 5.41) is 13.6. The van der Waals surface area contributed by atoms with Crippen molar-refractivity contribution in [2.24, 2.45) is 0 Å². The zero-order valence-electron chi connectivity index (χ0n) is 10.2. The lowest BCUT2D eigenvalue weighted by atomic mass is 10.1. The zero-order valence-corrected chi connectivity index (χ0v) is 10.2. The van der Waals surface area contributed by atoms with Gasteiger partial charge in [-0.1, -0.05) is 30.3 Å². The van der Waals surface area contributed by atoms with Crippen LogP contribution in [0.25, 0.3) is 0 Å². The summed E-state index contributed by atoms with van der Waals surface area (Å²) in [7, 11) is 0.